The van der Waals surface area contributed by atoms with Gasteiger partial charge in [0.2, 0.25) is 0 Å². The largest absolute Gasteiger partial charge is 0.504 e. The maximum Gasteiger partial charge on any atom is 0.338 e. The van der Waals surface area contributed by atoms with Gasteiger partial charge in [-0.3, -0.25) is 0 Å². The second-order valence-electron chi connectivity index (χ2n) is 4.51. The van der Waals surface area contributed by atoms with Crippen molar-refractivity contribution in [2.24, 2.45) is 0 Å². The Morgan fingerprint density at radius 2 is 1.82 bits per heavy atom. The van der Waals surface area contributed by atoms with Crippen LogP contribution >= 0.6 is 11.3 Å². The summed E-state index contributed by atoms with van der Waals surface area (Å²) >= 11 is 1.42. The number of phenols is 3. The van der Waals surface area contributed by atoms with Crippen molar-refractivity contribution in [3.63, 3.8) is 0 Å². The number of benzene rings is 2. The molecule has 0 atom stereocenters. The fourth-order valence-corrected chi connectivity index (χ4v) is 2.79. The predicted octanol–water partition coefficient (Wildman–Crippen LogP) is 2.77. The second kappa shape index (κ2) is 5.53. The number of esters is 1. The van der Waals surface area contributed by atoms with E-state index in [0.29, 0.717) is 5.01 Å². The van der Waals surface area contributed by atoms with E-state index in [-0.39, 0.29) is 12.2 Å². The Kier molecular flexibility index (Phi) is 3.56. The summed E-state index contributed by atoms with van der Waals surface area (Å²) in [7, 11) is 0. The van der Waals surface area contributed by atoms with Gasteiger partial charge in [-0.25, -0.2) is 9.78 Å². The van der Waals surface area contributed by atoms with Crippen molar-refractivity contribution in [3.05, 3.63) is 47.0 Å². The van der Waals surface area contributed by atoms with Crippen LogP contribution in [0.25, 0.3) is 10.2 Å². The summed E-state index contributed by atoms with van der Waals surface area (Å²) in [6.07, 6.45) is 0. The van der Waals surface area contributed by atoms with Crippen molar-refractivity contribution in [3.8, 4) is 17.2 Å². The van der Waals surface area contributed by atoms with Gasteiger partial charge in [-0.05, 0) is 24.3 Å². The number of aromatic nitrogens is 1. The topological polar surface area (TPSA) is 99.9 Å². The highest BCUT2D eigenvalue weighted by atomic mass is 32.1. The first-order valence-electron chi connectivity index (χ1n) is 6.31. The van der Waals surface area contributed by atoms with Gasteiger partial charge in [0, 0.05) is 0 Å². The average molecular weight is 317 g/mol. The van der Waals surface area contributed by atoms with E-state index in [1.54, 1.807) is 0 Å². The number of hydrogen-bond acceptors (Lipinski definition) is 7. The van der Waals surface area contributed by atoms with Crippen molar-refractivity contribution in [1.82, 2.24) is 4.98 Å². The van der Waals surface area contributed by atoms with Crippen molar-refractivity contribution < 1.29 is 24.9 Å². The number of carbonyl (C=O) groups excluding carboxylic acids is 1. The Morgan fingerprint density at radius 3 is 2.50 bits per heavy atom. The molecule has 0 aliphatic heterocycles. The van der Waals surface area contributed by atoms with E-state index in [9.17, 15) is 20.1 Å². The van der Waals surface area contributed by atoms with Gasteiger partial charge in [0.05, 0.1) is 15.8 Å². The average Bonchev–Trinajstić information content (AvgIpc) is 2.92. The summed E-state index contributed by atoms with van der Waals surface area (Å²) in [4.78, 5) is 16.2. The third-order valence-corrected chi connectivity index (χ3v) is 3.98. The zero-order chi connectivity index (χ0) is 15.7. The van der Waals surface area contributed by atoms with Gasteiger partial charge in [-0.15, -0.1) is 11.3 Å². The quantitative estimate of drug-likeness (QED) is 0.507. The smallest absolute Gasteiger partial charge is 0.338 e. The zero-order valence-electron chi connectivity index (χ0n) is 11.2. The predicted molar refractivity (Wildman–Crippen MR) is 80.2 cm³/mol. The van der Waals surface area contributed by atoms with Crippen LogP contribution in [0.1, 0.15) is 15.4 Å². The van der Waals surface area contributed by atoms with Crippen LogP contribution in [-0.2, 0) is 11.3 Å². The molecular formula is C15H11NO5S. The molecule has 0 fully saturated rings. The molecule has 0 aliphatic carbocycles. The van der Waals surface area contributed by atoms with Crippen LogP contribution in [0.2, 0.25) is 0 Å². The molecule has 0 amide bonds. The summed E-state index contributed by atoms with van der Waals surface area (Å²) in [6.45, 7) is -0.0133. The fourth-order valence-electron chi connectivity index (χ4n) is 1.91. The van der Waals surface area contributed by atoms with Crippen LogP contribution in [0.15, 0.2) is 36.4 Å². The monoisotopic (exact) mass is 317 g/mol. The normalized spacial score (nSPS) is 10.7. The molecule has 1 aromatic heterocycles. The van der Waals surface area contributed by atoms with Gasteiger partial charge in [-0.2, -0.15) is 0 Å². The highest BCUT2D eigenvalue weighted by molar-refractivity contribution is 7.18. The van der Waals surface area contributed by atoms with E-state index in [4.69, 9.17) is 4.74 Å². The zero-order valence-corrected chi connectivity index (χ0v) is 12.0. The lowest BCUT2D eigenvalue weighted by Crippen LogP contribution is -2.05. The first-order valence-corrected chi connectivity index (χ1v) is 7.13. The number of para-hydroxylation sites is 1. The van der Waals surface area contributed by atoms with Crippen LogP contribution < -0.4 is 0 Å². The summed E-state index contributed by atoms with van der Waals surface area (Å²) in [6, 6.07) is 9.62. The summed E-state index contributed by atoms with van der Waals surface area (Å²) < 4.78 is 6.09. The van der Waals surface area contributed by atoms with E-state index in [0.717, 1.165) is 22.3 Å². The highest BCUT2D eigenvalue weighted by Gasteiger charge is 2.15. The minimum atomic E-state index is -0.732. The molecule has 0 spiro atoms. The molecule has 3 N–H and O–H groups in total. The molecule has 3 rings (SSSR count). The molecular weight excluding hydrogens is 306 g/mol. The molecule has 0 saturated heterocycles. The van der Waals surface area contributed by atoms with Crippen molar-refractivity contribution in [1.29, 1.82) is 0 Å². The molecule has 0 saturated carbocycles. The molecule has 22 heavy (non-hydrogen) atoms. The second-order valence-corrected chi connectivity index (χ2v) is 5.63. The van der Waals surface area contributed by atoms with Crippen LogP contribution in [0.4, 0.5) is 0 Å². The lowest BCUT2D eigenvalue weighted by molar-refractivity contribution is 0.0471. The van der Waals surface area contributed by atoms with Crippen molar-refractivity contribution in [2.45, 2.75) is 6.61 Å². The Balaban J connectivity index is 1.74. The Labute approximate surface area is 128 Å². The molecule has 7 heteroatoms. The number of hydrogen-bond donors (Lipinski definition) is 3. The number of nitrogens with zero attached hydrogens (tertiary/aromatic N) is 1. The molecule has 112 valence electrons. The van der Waals surface area contributed by atoms with E-state index in [1.807, 2.05) is 24.3 Å². The van der Waals surface area contributed by atoms with Crippen LogP contribution in [0, 0.1) is 0 Å². The van der Waals surface area contributed by atoms with E-state index in [2.05, 4.69) is 4.98 Å². The Bertz CT molecular complexity index is 802. The summed E-state index contributed by atoms with van der Waals surface area (Å²) in [5, 5.41) is 28.6. The first-order chi connectivity index (χ1) is 10.5. The maximum atomic E-state index is 11.9. The van der Waals surface area contributed by atoms with Gasteiger partial charge < -0.3 is 20.1 Å². The lowest BCUT2D eigenvalue weighted by atomic mass is 10.2. The van der Waals surface area contributed by atoms with Gasteiger partial charge in [0.15, 0.2) is 17.2 Å². The van der Waals surface area contributed by atoms with E-state index in [1.165, 1.54) is 11.3 Å². The Morgan fingerprint density at radius 1 is 1.14 bits per heavy atom. The standard InChI is InChI=1S/C15H11NO5S/c17-10-5-8(6-11(18)14(10)19)15(20)21-7-13-16-9-3-1-2-4-12(9)22-13/h1-6,17-19H,7H2. The van der Waals surface area contributed by atoms with Gasteiger partial charge in [-0.1, -0.05) is 12.1 Å². The third-order valence-electron chi connectivity index (χ3n) is 2.97. The van der Waals surface area contributed by atoms with E-state index >= 15 is 0 Å². The number of aromatic hydroxyl groups is 3. The van der Waals surface area contributed by atoms with Gasteiger partial charge in [0.1, 0.15) is 11.6 Å². The van der Waals surface area contributed by atoms with Crippen LogP contribution in [0.3, 0.4) is 0 Å². The minimum Gasteiger partial charge on any atom is -0.504 e. The van der Waals surface area contributed by atoms with Gasteiger partial charge in [0.25, 0.3) is 0 Å². The SMILES string of the molecule is O=C(OCc1nc2ccccc2s1)c1cc(O)c(O)c(O)c1. The number of fused-ring (bicyclic) bond motifs is 1. The molecule has 1 heterocycles. The molecule has 0 radical (unpaired) electrons. The van der Waals surface area contributed by atoms with Crippen molar-refractivity contribution in [2.75, 3.05) is 0 Å². The third kappa shape index (κ3) is 2.66. The minimum absolute atomic E-state index is 0.0133. The summed E-state index contributed by atoms with van der Waals surface area (Å²) in [5.41, 5.74) is 0.771. The molecule has 2 aromatic carbocycles. The van der Waals surface area contributed by atoms with Crippen LogP contribution in [0.5, 0.6) is 17.2 Å². The van der Waals surface area contributed by atoms with E-state index < -0.39 is 23.2 Å². The Hall–Kier alpha value is -2.80. The van der Waals surface area contributed by atoms with Gasteiger partial charge >= 0.3 is 5.97 Å². The number of ether oxygens (including phenoxy) is 1. The fraction of sp³-hybridized carbons (Fsp3) is 0.0667. The highest BCUT2D eigenvalue weighted by Crippen LogP contribution is 2.35. The molecule has 3 aromatic rings. The molecule has 0 bridgehead atoms. The number of thiazole rings is 1. The number of rotatable bonds is 3. The maximum absolute atomic E-state index is 11.9. The lowest BCUT2D eigenvalue weighted by Gasteiger charge is -2.05. The van der Waals surface area contributed by atoms with Crippen LogP contribution in [-0.4, -0.2) is 26.3 Å². The van der Waals surface area contributed by atoms with Crippen molar-refractivity contribution >= 4 is 27.5 Å². The molecule has 6 nitrogen and oxygen atoms in total. The number of phenolic OH excluding ortho intramolecular Hbond substituents is 3. The number of carbonyl (C=O) groups is 1. The molecule has 0 aliphatic rings. The summed E-state index contributed by atoms with van der Waals surface area (Å²) in [5.74, 6) is -2.59. The molecule has 0 unspecified atom stereocenters. The first kappa shape index (κ1) is 14.2.